The fourth-order valence-corrected chi connectivity index (χ4v) is 1.92. The van der Waals surface area contributed by atoms with Gasteiger partial charge in [-0.25, -0.2) is 13.8 Å². The van der Waals surface area contributed by atoms with Gasteiger partial charge < -0.3 is 10.1 Å². The lowest BCUT2D eigenvalue weighted by Gasteiger charge is -1.99. The Morgan fingerprint density at radius 2 is 2.22 bits per heavy atom. The molecule has 0 unspecified atom stereocenters. The number of thioether (sulfide) groups is 1. The van der Waals surface area contributed by atoms with Crippen molar-refractivity contribution in [2.24, 2.45) is 0 Å². The fraction of sp³-hybridized carbons (Fsp3) is 0.0909. The highest BCUT2D eigenvalue weighted by molar-refractivity contribution is 7.99. The van der Waals surface area contributed by atoms with Gasteiger partial charge in [0.2, 0.25) is 0 Å². The first-order chi connectivity index (χ1) is 8.56. The van der Waals surface area contributed by atoms with E-state index in [-0.39, 0.29) is 11.3 Å². The summed E-state index contributed by atoms with van der Waals surface area (Å²) in [5, 5.41) is 8.88. The zero-order valence-corrected chi connectivity index (χ0v) is 9.80. The van der Waals surface area contributed by atoms with E-state index in [0.717, 1.165) is 23.9 Å². The zero-order chi connectivity index (χ0) is 13.1. The molecular weight excluding hydrogens is 262 g/mol. The van der Waals surface area contributed by atoms with Crippen molar-refractivity contribution in [2.45, 2.75) is 5.16 Å². The van der Waals surface area contributed by atoms with Crippen molar-refractivity contribution < 1.29 is 18.7 Å². The highest BCUT2D eigenvalue weighted by Gasteiger charge is 2.10. The molecule has 4 nitrogen and oxygen atoms in total. The van der Waals surface area contributed by atoms with Crippen molar-refractivity contribution >= 4 is 17.7 Å². The molecule has 0 saturated heterocycles. The van der Waals surface area contributed by atoms with Crippen molar-refractivity contribution in [1.82, 2.24) is 9.97 Å². The van der Waals surface area contributed by atoms with Crippen molar-refractivity contribution in [3.05, 3.63) is 36.0 Å². The Morgan fingerprint density at radius 1 is 1.44 bits per heavy atom. The summed E-state index contributed by atoms with van der Waals surface area (Å²) in [5.41, 5.74) is 0.562. The van der Waals surface area contributed by atoms with E-state index in [9.17, 15) is 13.6 Å². The number of hydrogen-bond donors (Lipinski definition) is 2. The molecule has 0 aliphatic carbocycles. The molecule has 18 heavy (non-hydrogen) atoms. The number of H-pyrrole nitrogens is 1. The third kappa shape index (κ3) is 2.86. The summed E-state index contributed by atoms with van der Waals surface area (Å²) in [6.45, 7) is 0. The number of aliphatic carboxylic acids is 1. The number of carboxylic acid groups (broad SMARTS) is 1. The molecule has 2 N–H and O–H groups in total. The lowest BCUT2D eigenvalue weighted by molar-refractivity contribution is -0.133. The van der Waals surface area contributed by atoms with Gasteiger partial charge in [-0.15, -0.1) is 0 Å². The van der Waals surface area contributed by atoms with Crippen molar-refractivity contribution in [3.8, 4) is 11.3 Å². The van der Waals surface area contributed by atoms with Gasteiger partial charge in [-0.3, -0.25) is 4.79 Å². The predicted molar refractivity (Wildman–Crippen MR) is 62.3 cm³/mol. The van der Waals surface area contributed by atoms with Crippen LogP contribution in [0.15, 0.2) is 29.6 Å². The topological polar surface area (TPSA) is 66.0 Å². The lowest BCUT2D eigenvalue weighted by Crippen LogP contribution is -1.97. The molecular formula is C11H8F2N2O2S. The van der Waals surface area contributed by atoms with Gasteiger partial charge in [0.05, 0.1) is 17.6 Å². The quantitative estimate of drug-likeness (QED) is 0.838. The minimum absolute atomic E-state index is 0.140. The summed E-state index contributed by atoms with van der Waals surface area (Å²) in [5.74, 6) is -2.46. The molecule has 0 fully saturated rings. The summed E-state index contributed by atoms with van der Waals surface area (Å²) < 4.78 is 26.2. The number of hydrogen-bond acceptors (Lipinski definition) is 3. The standard InChI is InChI=1S/C11H8F2N2O2S/c12-6-1-2-7(8(13)3-6)9-4-14-11(15-9)18-5-10(16)17/h1-4H,5H2,(H,14,15)(H,16,17). The smallest absolute Gasteiger partial charge is 0.313 e. The summed E-state index contributed by atoms with van der Waals surface area (Å²) >= 11 is 0.990. The molecule has 0 radical (unpaired) electrons. The fourth-order valence-electron chi connectivity index (χ4n) is 1.35. The van der Waals surface area contributed by atoms with Crippen LogP contribution in [-0.2, 0) is 4.79 Å². The highest BCUT2D eigenvalue weighted by atomic mass is 32.2. The van der Waals surface area contributed by atoms with Crippen LogP contribution in [0.25, 0.3) is 11.3 Å². The third-order valence-corrected chi connectivity index (χ3v) is 2.98. The summed E-state index contributed by atoms with van der Waals surface area (Å²) in [4.78, 5) is 17.1. The number of nitrogens with zero attached hydrogens (tertiary/aromatic N) is 1. The Hall–Kier alpha value is -1.89. The van der Waals surface area contributed by atoms with Crippen LogP contribution in [0, 0.1) is 11.6 Å². The molecule has 0 bridgehead atoms. The Kier molecular flexibility index (Phi) is 3.61. The number of carboxylic acids is 1. The van der Waals surface area contributed by atoms with E-state index in [2.05, 4.69) is 9.97 Å². The molecule has 7 heteroatoms. The molecule has 0 saturated carbocycles. The van der Waals surface area contributed by atoms with Crippen molar-refractivity contribution in [1.29, 1.82) is 0 Å². The number of halogens is 2. The molecule has 0 aliphatic rings. The second-order valence-electron chi connectivity index (χ2n) is 3.41. The Morgan fingerprint density at radius 3 is 2.89 bits per heavy atom. The number of imidazole rings is 1. The van der Waals surface area contributed by atoms with E-state index in [1.165, 1.54) is 12.3 Å². The van der Waals surface area contributed by atoms with Crippen molar-refractivity contribution in [3.63, 3.8) is 0 Å². The number of aromatic amines is 1. The molecule has 1 aromatic heterocycles. The maximum atomic E-state index is 13.5. The van der Waals surface area contributed by atoms with Gasteiger partial charge in [-0.1, -0.05) is 11.8 Å². The molecule has 2 aromatic rings. The molecule has 0 amide bonds. The molecule has 1 aromatic carbocycles. The minimum Gasteiger partial charge on any atom is -0.481 e. The van der Waals surface area contributed by atoms with E-state index in [1.807, 2.05) is 0 Å². The molecule has 0 atom stereocenters. The molecule has 0 aliphatic heterocycles. The number of aromatic nitrogens is 2. The van der Waals surface area contributed by atoms with Gasteiger partial charge in [0, 0.05) is 11.6 Å². The number of benzene rings is 1. The van der Waals surface area contributed by atoms with E-state index in [4.69, 9.17) is 5.11 Å². The Balaban J connectivity index is 2.21. The summed E-state index contributed by atoms with van der Waals surface area (Å²) in [6, 6.07) is 3.22. The zero-order valence-electron chi connectivity index (χ0n) is 8.98. The van der Waals surface area contributed by atoms with E-state index in [1.54, 1.807) is 0 Å². The Bertz CT molecular complexity index is 586. The largest absolute Gasteiger partial charge is 0.481 e. The average molecular weight is 270 g/mol. The second kappa shape index (κ2) is 5.18. The molecule has 0 spiro atoms. The van der Waals surface area contributed by atoms with Crippen LogP contribution in [0.3, 0.4) is 0 Å². The van der Waals surface area contributed by atoms with Crippen LogP contribution in [0.1, 0.15) is 0 Å². The van der Waals surface area contributed by atoms with Crippen LogP contribution < -0.4 is 0 Å². The SMILES string of the molecule is O=C(O)CSc1ncc(-c2ccc(F)cc2F)[nH]1. The number of rotatable bonds is 4. The van der Waals surface area contributed by atoms with E-state index in [0.29, 0.717) is 10.9 Å². The molecule has 2 rings (SSSR count). The van der Waals surface area contributed by atoms with Crippen LogP contribution in [-0.4, -0.2) is 26.8 Å². The van der Waals surface area contributed by atoms with Gasteiger partial charge in [0.1, 0.15) is 11.6 Å². The predicted octanol–water partition coefficient (Wildman–Crippen LogP) is 2.53. The molecule has 1 heterocycles. The monoisotopic (exact) mass is 270 g/mol. The van der Waals surface area contributed by atoms with Crippen molar-refractivity contribution in [2.75, 3.05) is 5.75 Å². The first-order valence-electron chi connectivity index (χ1n) is 4.91. The maximum Gasteiger partial charge on any atom is 0.313 e. The van der Waals surface area contributed by atoms with Crippen LogP contribution >= 0.6 is 11.8 Å². The summed E-state index contributed by atoms with van der Waals surface area (Å²) in [7, 11) is 0. The van der Waals surface area contributed by atoms with Gasteiger partial charge in [0.15, 0.2) is 5.16 Å². The van der Waals surface area contributed by atoms with Gasteiger partial charge >= 0.3 is 5.97 Å². The van der Waals surface area contributed by atoms with Crippen LogP contribution in [0.5, 0.6) is 0 Å². The Labute approximate surface area is 105 Å². The number of nitrogens with one attached hydrogen (secondary N) is 1. The van der Waals surface area contributed by atoms with Gasteiger partial charge in [0.25, 0.3) is 0 Å². The van der Waals surface area contributed by atoms with Crippen LogP contribution in [0.4, 0.5) is 8.78 Å². The number of carbonyl (C=O) groups is 1. The van der Waals surface area contributed by atoms with Gasteiger partial charge in [-0.05, 0) is 12.1 Å². The minimum atomic E-state index is -0.967. The average Bonchev–Trinajstić information content (AvgIpc) is 2.75. The normalized spacial score (nSPS) is 10.6. The van der Waals surface area contributed by atoms with Crippen LogP contribution in [0.2, 0.25) is 0 Å². The lowest BCUT2D eigenvalue weighted by atomic mass is 10.1. The third-order valence-electron chi connectivity index (χ3n) is 2.11. The summed E-state index contributed by atoms with van der Waals surface area (Å²) in [6.07, 6.45) is 1.38. The van der Waals surface area contributed by atoms with Gasteiger partial charge in [-0.2, -0.15) is 0 Å². The first kappa shape index (κ1) is 12.6. The second-order valence-corrected chi connectivity index (χ2v) is 4.37. The van der Waals surface area contributed by atoms with E-state index >= 15 is 0 Å². The van der Waals surface area contributed by atoms with E-state index < -0.39 is 17.6 Å². The highest BCUT2D eigenvalue weighted by Crippen LogP contribution is 2.24. The first-order valence-corrected chi connectivity index (χ1v) is 5.90. The maximum absolute atomic E-state index is 13.5. The molecule has 94 valence electrons.